The fraction of sp³-hybridized carbons (Fsp3) is 0. The molecule has 118 valence electrons. The number of hydrogen-bond acceptors (Lipinski definition) is 7. The first kappa shape index (κ1) is 15.0. The Hall–Kier alpha value is -2.91. The van der Waals surface area contributed by atoms with E-state index in [1.807, 2.05) is 0 Å². The zero-order chi connectivity index (χ0) is 17.1. The van der Waals surface area contributed by atoms with Gasteiger partial charge in [0.05, 0.1) is 16.7 Å². The van der Waals surface area contributed by atoms with Gasteiger partial charge in [-0.3, -0.25) is 14.1 Å². The lowest BCUT2D eigenvalue weighted by atomic mass is 9.83. The number of benzene rings is 2. The van der Waals surface area contributed by atoms with Gasteiger partial charge in [-0.05, 0) is 6.07 Å². The molecule has 2 aromatic carbocycles. The topological polar surface area (TPSA) is 149 Å². The number of carbonyl (C=O) groups excluding carboxylic acids is 2. The van der Waals surface area contributed by atoms with Crippen LogP contribution in [0.4, 0.5) is 0 Å². The van der Waals surface area contributed by atoms with Crippen molar-refractivity contribution < 1.29 is 37.9 Å². The van der Waals surface area contributed by atoms with Gasteiger partial charge in [0.2, 0.25) is 0 Å². The van der Waals surface area contributed by atoms with Crippen LogP contribution >= 0.6 is 0 Å². The van der Waals surface area contributed by atoms with Crippen molar-refractivity contribution in [1.29, 1.82) is 0 Å². The molecule has 0 heterocycles. The maximum atomic E-state index is 12.5. The molecule has 0 atom stereocenters. The molecular weight excluding hydrogens is 328 g/mol. The molecule has 3 rings (SSSR count). The van der Waals surface area contributed by atoms with Gasteiger partial charge in [-0.15, -0.1) is 0 Å². The van der Waals surface area contributed by atoms with Crippen LogP contribution in [0.25, 0.3) is 0 Å². The third-order valence-electron chi connectivity index (χ3n) is 3.49. The molecule has 1 aliphatic carbocycles. The number of fused-ring (bicyclic) bond motifs is 2. The average molecular weight is 336 g/mol. The van der Waals surface area contributed by atoms with Crippen molar-refractivity contribution in [1.82, 2.24) is 0 Å². The van der Waals surface area contributed by atoms with Crippen molar-refractivity contribution in [3.05, 3.63) is 46.5 Å². The van der Waals surface area contributed by atoms with Gasteiger partial charge in [0, 0.05) is 11.6 Å². The van der Waals surface area contributed by atoms with Crippen molar-refractivity contribution in [3.63, 3.8) is 0 Å². The molecule has 0 bridgehead atoms. The Morgan fingerprint density at radius 1 is 0.826 bits per heavy atom. The summed E-state index contributed by atoms with van der Waals surface area (Å²) in [5.74, 6) is -4.57. The van der Waals surface area contributed by atoms with E-state index in [1.165, 1.54) is 12.1 Å². The average Bonchev–Trinajstić information content (AvgIpc) is 2.45. The number of ketones is 2. The lowest BCUT2D eigenvalue weighted by molar-refractivity contribution is 0.0971. The summed E-state index contributed by atoms with van der Waals surface area (Å²) in [7, 11) is -4.98. The number of phenols is 3. The second-order valence-electron chi connectivity index (χ2n) is 4.83. The van der Waals surface area contributed by atoms with Crippen molar-refractivity contribution in [2.45, 2.75) is 4.90 Å². The van der Waals surface area contributed by atoms with Gasteiger partial charge in [0.25, 0.3) is 10.1 Å². The first-order valence-corrected chi connectivity index (χ1v) is 7.56. The van der Waals surface area contributed by atoms with E-state index in [-0.39, 0.29) is 5.56 Å². The molecule has 0 amide bonds. The van der Waals surface area contributed by atoms with Gasteiger partial charge >= 0.3 is 0 Å². The number of aromatic hydroxyl groups is 3. The minimum atomic E-state index is -4.98. The van der Waals surface area contributed by atoms with Crippen LogP contribution in [0.2, 0.25) is 0 Å². The van der Waals surface area contributed by atoms with Gasteiger partial charge in [0.15, 0.2) is 23.1 Å². The second-order valence-corrected chi connectivity index (χ2v) is 6.22. The van der Waals surface area contributed by atoms with Crippen LogP contribution in [-0.4, -0.2) is 39.9 Å². The summed E-state index contributed by atoms with van der Waals surface area (Å²) in [5, 5.41) is 29.2. The number of rotatable bonds is 1. The molecule has 0 saturated heterocycles. The summed E-state index contributed by atoms with van der Waals surface area (Å²) in [5.41, 5.74) is -2.26. The quantitative estimate of drug-likeness (QED) is 0.377. The van der Waals surface area contributed by atoms with E-state index in [1.54, 1.807) is 0 Å². The summed E-state index contributed by atoms with van der Waals surface area (Å²) in [6.45, 7) is 0. The first-order chi connectivity index (χ1) is 10.6. The predicted octanol–water partition coefficient (Wildman–Crippen LogP) is 0.826. The third kappa shape index (κ3) is 1.98. The van der Waals surface area contributed by atoms with Crippen LogP contribution in [0, 0.1) is 0 Å². The Morgan fingerprint density at radius 2 is 1.48 bits per heavy atom. The minimum Gasteiger partial charge on any atom is -0.507 e. The van der Waals surface area contributed by atoms with E-state index in [4.69, 9.17) is 0 Å². The maximum Gasteiger partial charge on any atom is 0.295 e. The smallest absolute Gasteiger partial charge is 0.295 e. The van der Waals surface area contributed by atoms with E-state index in [0.717, 1.165) is 6.07 Å². The molecule has 9 heteroatoms. The zero-order valence-electron chi connectivity index (χ0n) is 11.1. The molecule has 23 heavy (non-hydrogen) atoms. The highest BCUT2D eigenvalue weighted by Gasteiger charge is 2.39. The van der Waals surface area contributed by atoms with E-state index in [2.05, 4.69) is 0 Å². The molecule has 0 spiro atoms. The van der Waals surface area contributed by atoms with Gasteiger partial charge < -0.3 is 15.3 Å². The first-order valence-electron chi connectivity index (χ1n) is 6.12. The molecular formula is C14H8O8S. The van der Waals surface area contributed by atoms with Gasteiger partial charge in [0.1, 0.15) is 10.6 Å². The largest absolute Gasteiger partial charge is 0.507 e. The highest BCUT2D eigenvalue weighted by atomic mass is 32.2. The Balaban J connectivity index is 2.52. The van der Waals surface area contributed by atoms with Crippen molar-refractivity contribution in [2.75, 3.05) is 0 Å². The molecule has 0 radical (unpaired) electrons. The highest BCUT2D eigenvalue weighted by molar-refractivity contribution is 7.86. The fourth-order valence-electron chi connectivity index (χ4n) is 2.51. The molecule has 0 saturated carbocycles. The fourth-order valence-corrected chi connectivity index (χ4v) is 3.23. The lowest BCUT2D eigenvalue weighted by Crippen LogP contribution is -2.24. The molecule has 0 aliphatic heterocycles. The Morgan fingerprint density at radius 3 is 2.09 bits per heavy atom. The lowest BCUT2D eigenvalue weighted by Gasteiger charge is -2.21. The van der Waals surface area contributed by atoms with Crippen LogP contribution < -0.4 is 0 Å². The zero-order valence-corrected chi connectivity index (χ0v) is 12.0. The normalized spacial score (nSPS) is 13.6. The van der Waals surface area contributed by atoms with Crippen molar-refractivity contribution in [2.24, 2.45) is 0 Å². The summed E-state index contributed by atoms with van der Waals surface area (Å²) in [6, 6.07) is 4.07. The van der Waals surface area contributed by atoms with Crippen LogP contribution in [0.15, 0.2) is 29.2 Å². The maximum absolute atomic E-state index is 12.5. The number of hydrogen-bond donors (Lipinski definition) is 4. The van der Waals surface area contributed by atoms with E-state index in [0.29, 0.717) is 6.07 Å². The summed E-state index contributed by atoms with van der Waals surface area (Å²) >= 11 is 0. The Labute approximate surface area is 129 Å². The predicted molar refractivity (Wildman–Crippen MR) is 74.6 cm³/mol. The molecule has 1 aliphatic rings. The van der Waals surface area contributed by atoms with Gasteiger partial charge in [-0.2, -0.15) is 8.42 Å². The summed E-state index contributed by atoms with van der Waals surface area (Å²) < 4.78 is 32.1. The highest BCUT2D eigenvalue weighted by Crippen LogP contribution is 2.43. The minimum absolute atomic E-state index is 0.260. The Bertz CT molecular complexity index is 1000. The SMILES string of the molecule is O=C1c2c(O)cccc2C(=O)c2c(O)c(O)cc(S(=O)(=O)O)c21. The van der Waals surface area contributed by atoms with Gasteiger partial charge in [-0.25, -0.2) is 0 Å². The number of phenolic OH excluding ortho intramolecular Hbond substituents is 3. The molecule has 4 N–H and O–H groups in total. The van der Waals surface area contributed by atoms with Crippen molar-refractivity contribution >= 4 is 21.7 Å². The van der Waals surface area contributed by atoms with Crippen LogP contribution in [0.5, 0.6) is 17.2 Å². The van der Waals surface area contributed by atoms with Crippen molar-refractivity contribution in [3.8, 4) is 17.2 Å². The van der Waals surface area contributed by atoms with E-state index < -0.39 is 60.5 Å². The molecule has 0 aromatic heterocycles. The second kappa shape index (κ2) is 4.54. The summed E-state index contributed by atoms with van der Waals surface area (Å²) in [6.07, 6.45) is 0. The van der Waals surface area contributed by atoms with E-state index >= 15 is 0 Å². The molecule has 8 nitrogen and oxygen atoms in total. The molecule has 2 aromatic rings. The summed E-state index contributed by atoms with van der Waals surface area (Å²) in [4.78, 5) is 23.9. The van der Waals surface area contributed by atoms with Crippen LogP contribution in [0.3, 0.4) is 0 Å². The molecule has 0 fully saturated rings. The van der Waals surface area contributed by atoms with Gasteiger partial charge in [-0.1, -0.05) is 12.1 Å². The van der Waals surface area contributed by atoms with Crippen LogP contribution in [0.1, 0.15) is 31.8 Å². The molecule has 0 unspecified atom stereocenters. The standard InChI is InChI=1S/C14H8O8S/c15-6-3-1-2-5-9(6)14(19)10-8(23(20,21)22)4-7(16)13(18)11(10)12(5)17/h1-4,15-16,18H,(H,20,21,22). The monoisotopic (exact) mass is 336 g/mol. The number of carbonyl (C=O) groups is 2. The van der Waals surface area contributed by atoms with E-state index in [9.17, 15) is 37.9 Å². The Kier molecular flexibility index (Phi) is 2.96. The van der Waals surface area contributed by atoms with Crippen LogP contribution in [-0.2, 0) is 10.1 Å². The third-order valence-corrected chi connectivity index (χ3v) is 4.37.